The van der Waals surface area contributed by atoms with Crippen molar-refractivity contribution in [3.05, 3.63) is 43.5 Å². The van der Waals surface area contributed by atoms with Crippen LogP contribution in [0.5, 0.6) is 0 Å². The van der Waals surface area contributed by atoms with Crippen LogP contribution in [0, 0.1) is 23.1 Å². The summed E-state index contributed by atoms with van der Waals surface area (Å²) in [5.41, 5.74) is -0.873. The van der Waals surface area contributed by atoms with Crippen molar-refractivity contribution < 1.29 is 0 Å². The molecule has 0 saturated heterocycles. The number of nitrogens with zero attached hydrogens (tertiary/aromatic N) is 2. The maximum absolute atomic E-state index is 10.7. The van der Waals surface area contributed by atoms with Gasteiger partial charge in [0.15, 0.2) is 0 Å². The van der Waals surface area contributed by atoms with Crippen molar-refractivity contribution in [2.45, 2.75) is 0 Å². The molecule has 0 amide bonds. The third kappa shape index (κ3) is 0.452. The summed E-state index contributed by atoms with van der Waals surface area (Å²) < 4.78 is 0. The lowest BCUT2D eigenvalue weighted by molar-refractivity contribution is 1.27. The fraction of sp³-hybridized carbons (Fsp3) is 0. The van der Waals surface area contributed by atoms with Gasteiger partial charge in [0.25, 0.3) is 0 Å². The lowest BCUT2D eigenvalue weighted by atomic mass is 10.5. The van der Waals surface area contributed by atoms with E-state index in [0.717, 1.165) is 0 Å². The Morgan fingerprint density at radius 2 is 1.30 bits per heavy atom. The first kappa shape index (κ1) is 5.22. The van der Waals surface area contributed by atoms with Crippen molar-refractivity contribution in [2.24, 2.45) is 0 Å². The molecule has 46 valence electrons. The number of aromatic nitrogens is 2. The van der Waals surface area contributed by atoms with Crippen molar-refractivity contribution in [2.75, 3.05) is 0 Å². The van der Waals surface area contributed by atoms with Crippen molar-refractivity contribution in [1.82, 2.24) is 9.97 Å². The molecular weight excluding hydrogens is 132 g/mol. The van der Waals surface area contributed by atoms with Gasteiger partial charge in [-0.1, -0.05) is 0 Å². The van der Waals surface area contributed by atoms with Crippen molar-refractivity contribution in [3.63, 3.8) is 0 Å². The van der Waals surface area contributed by atoms with E-state index in [0.29, 0.717) is 0 Å². The summed E-state index contributed by atoms with van der Waals surface area (Å²) in [6, 6.07) is 0. The molecule has 0 bridgehead atoms. The molecule has 2 aliphatic rings. The Morgan fingerprint density at radius 3 is 1.70 bits per heavy atom. The zero-order chi connectivity index (χ0) is 7.14. The average Bonchev–Trinajstić information content (AvgIpc) is 2.41. The van der Waals surface area contributed by atoms with Gasteiger partial charge in [-0.2, -0.15) is 0 Å². The highest BCUT2D eigenvalue weighted by atomic mass is 16.1. The topological polar surface area (TPSA) is 59.9 Å². The third-order valence-corrected chi connectivity index (χ3v) is 1.19. The number of hydrogen-bond acceptors (Lipinski definition) is 4. The van der Waals surface area contributed by atoms with E-state index in [-0.39, 0.29) is 10.7 Å². The number of hydrogen-bond donors (Lipinski definition) is 0. The molecule has 0 aromatic carbocycles. The Labute approximate surface area is 54.5 Å². The van der Waals surface area contributed by atoms with Crippen LogP contribution in [0.4, 0.5) is 0 Å². The van der Waals surface area contributed by atoms with E-state index < -0.39 is 10.9 Å². The zero-order valence-corrected chi connectivity index (χ0v) is 4.71. The summed E-state index contributed by atoms with van der Waals surface area (Å²) in [6.45, 7) is 0. The molecule has 0 fully saturated rings. The van der Waals surface area contributed by atoms with Gasteiger partial charge in [0.1, 0.15) is 23.1 Å². The SMILES string of the molecule is O=c1[c]nc2c(=O)[c]nc1=2. The lowest BCUT2D eigenvalue weighted by Crippen LogP contribution is -1.94. The molecule has 4 heteroatoms. The van der Waals surface area contributed by atoms with Crippen LogP contribution in [-0.2, 0) is 0 Å². The Hall–Kier alpha value is -1.58. The third-order valence-electron chi connectivity index (χ3n) is 1.19. The van der Waals surface area contributed by atoms with Gasteiger partial charge in [-0.05, 0) is 0 Å². The molecule has 0 unspecified atom stereocenters. The molecule has 10 heavy (non-hydrogen) atoms. The van der Waals surface area contributed by atoms with Gasteiger partial charge in [0.05, 0.1) is 0 Å². The van der Waals surface area contributed by atoms with Gasteiger partial charge < -0.3 is 0 Å². The van der Waals surface area contributed by atoms with E-state index in [1.807, 2.05) is 0 Å². The van der Waals surface area contributed by atoms with Crippen LogP contribution in [0.15, 0.2) is 9.59 Å². The highest BCUT2D eigenvalue weighted by Gasteiger charge is 2.03. The summed E-state index contributed by atoms with van der Waals surface area (Å²) >= 11 is 0. The van der Waals surface area contributed by atoms with E-state index in [2.05, 4.69) is 22.4 Å². The minimum absolute atomic E-state index is 0.0741. The largest absolute Gasteiger partial charge is 0.285 e. The maximum atomic E-state index is 10.7. The van der Waals surface area contributed by atoms with Crippen LogP contribution in [0.1, 0.15) is 0 Å². The quantitative estimate of drug-likeness (QED) is 0.433. The molecule has 4 nitrogen and oxygen atoms in total. The van der Waals surface area contributed by atoms with Crippen LogP contribution >= 0.6 is 0 Å². The van der Waals surface area contributed by atoms with Crippen molar-refractivity contribution in [1.29, 1.82) is 0 Å². The molecule has 0 N–H and O–H groups in total. The molecule has 2 rings (SSSR count). The Kier molecular flexibility index (Phi) is 0.768. The molecule has 2 aliphatic heterocycles. The van der Waals surface area contributed by atoms with Crippen LogP contribution < -0.4 is 10.9 Å². The predicted molar refractivity (Wildman–Crippen MR) is 29.9 cm³/mol. The molecule has 0 aliphatic carbocycles. The van der Waals surface area contributed by atoms with Crippen LogP contribution in [0.2, 0.25) is 0 Å². The molecular formula is C6N2O2. The average molecular weight is 132 g/mol. The van der Waals surface area contributed by atoms with Crippen LogP contribution in [-0.4, -0.2) is 9.97 Å². The Bertz CT molecular complexity index is 448. The van der Waals surface area contributed by atoms with Gasteiger partial charge in [-0.25, -0.2) is 9.97 Å². The Balaban J connectivity index is 3.37. The first-order valence-corrected chi connectivity index (χ1v) is 2.55. The van der Waals surface area contributed by atoms with E-state index in [1.165, 1.54) is 0 Å². The maximum Gasteiger partial charge on any atom is 0.234 e. The van der Waals surface area contributed by atoms with E-state index >= 15 is 0 Å². The molecule has 0 saturated carbocycles. The highest BCUT2D eigenvalue weighted by Crippen LogP contribution is 1.76. The second-order valence-corrected chi connectivity index (χ2v) is 1.80. The fourth-order valence-electron chi connectivity index (χ4n) is 0.742. The molecule has 0 atom stereocenters. The van der Waals surface area contributed by atoms with Crippen molar-refractivity contribution in [3.8, 4) is 0 Å². The second-order valence-electron chi connectivity index (χ2n) is 1.80. The van der Waals surface area contributed by atoms with E-state index in [4.69, 9.17) is 0 Å². The van der Waals surface area contributed by atoms with Crippen molar-refractivity contribution >= 4 is 0 Å². The van der Waals surface area contributed by atoms with Gasteiger partial charge in [-0.3, -0.25) is 9.59 Å². The smallest absolute Gasteiger partial charge is 0.234 e. The minimum Gasteiger partial charge on any atom is -0.285 e. The molecule has 0 aromatic heterocycles. The standard InChI is InChI=1S/C6N2O2/c9-3-1-7-6-4(10)2-8-5(3)6. The normalized spacial score (nSPS) is 10.8. The monoisotopic (exact) mass is 132 g/mol. The molecule has 2 heterocycles. The van der Waals surface area contributed by atoms with Gasteiger partial charge in [-0.15, -0.1) is 0 Å². The predicted octanol–water partition coefficient (Wildman–Crippen LogP) is -1.60. The number of rotatable bonds is 0. The van der Waals surface area contributed by atoms with Gasteiger partial charge >= 0.3 is 0 Å². The van der Waals surface area contributed by atoms with Gasteiger partial charge in [0.2, 0.25) is 10.9 Å². The lowest BCUT2D eigenvalue weighted by Gasteiger charge is -1.55. The summed E-state index contributed by atoms with van der Waals surface area (Å²) in [7, 11) is 0. The Morgan fingerprint density at radius 1 is 0.900 bits per heavy atom. The first-order chi connectivity index (χ1) is 4.79. The van der Waals surface area contributed by atoms with Gasteiger partial charge in [0, 0.05) is 0 Å². The minimum atomic E-state index is -0.437. The summed E-state index contributed by atoms with van der Waals surface area (Å²) in [4.78, 5) is 28.2. The van der Waals surface area contributed by atoms with E-state index in [9.17, 15) is 9.59 Å². The molecule has 0 spiro atoms. The highest BCUT2D eigenvalue weighted by molar-refractivity contribution is 5.00. The molecule has 0 aromatic rings. The van der Waals surface area contributed by atoms with Crippen LogP contribution in [0.25, 0.3) is 0 Å². The fourth-order valence-corrected chi connectivity index (χ4v) is 0.742. The first-order valence-electron chi connectivity index (χ1n) is 2.55. The molecule has 2 radical (unpaired) electrons. The second kappa shape index (κ2) is 1.47. The summed E-state index contributed by atoms with van der Waals surface area (Å²) in [5, 5.41) is 0.148. The van der Waals surface area contributed by atoms with Crippen LogP contribution in [0.3, 0.4) is 0 Å². The summed E-state index contributed by atoms with van der Waals surface area (Å²) in [6.07, 6.45) is 4.22. The zero-order valence-electron chi connectivity index (χ0n) is 4.71. The van der Waals surface area contributed by atoms with E-state index in [1.54, 1.807) is 0 Å². The summed E-state index contributed by atoms with van der Waals surface area (Å²) in [5.74, 6) is 0.